The quantitative estimate of drug-likeness (QED) is 0.175. The minimum Gasteiger partial charge on any atom is -0.456 e. The van der Waals surface area contributed by atoms with Crippen LogP contribution in [0.2, 0.25) is 0 Å². The second kappa shape index (κ2) is 13.8. The molecule has 2 nitrogen and oxygen atoms in total. The van der Waals surface area contributed by atoms with E-state index in [1.807, 2.05) is 0 Å². The number of nitrogens with zero attached hydrogens (tertiary/aromatic N) is 1. The maximum absolute atomic E-state index is 6.53. The molecule has 4 aliphatic rings. The normalized spacial score (nSPS) is 14.2. The highest BCUT2D eigenvalue weighted by Gasteiger charge is 2.53. The first-order chi connectivity index (χ1) is 34.7. The molecule has 0 bridgehead atoms. The van der Waals surface area contributed by atoms with Crippen LogP contribution >= 0.6 is 0 Å². The van der Waals surface area contributed by atoms with Gasteiger partial charge in [0.2, 0.25) is 0 Å². The highest BCUT2D eigenvalue weighted by Crippen LogP contribution is 2.66. The molecule has 0 aliphatic heterocycles. The number of rotatable bonds is 4. The lowest BCUT2D eigenvalue weighted by Gasteiger charge is -2.34. The maximum Gasteiger partial charge on any atom is 0.135 e. The maximum atomic E-state index is 6.53. The van der Waals surface area contributed by atoms with E-state index in [0.29, 0.717) is 0 Å². The van der Waals surface area contributed by atoms with Gasteiger partial charge in [0, 0.05) is 27.7 Å². The molecule has 2 spiro atoms. The van der Waals surface area contributed by atoms with E-state index in [1.165, 1.54) is 89.0 Å². The second-order valence-electron chi connectivity index (χ2n) is 19.4. The fourth-order valence-electron chi connectivity index (χ4n) is 13.7. The second-order valence-corrected chi connectivity index (χ2v) is 19.4. The van der Waals surface area contributed by atoms with Crippen LogP contribution in [0.5, 0.6) is 0 Å². The monoisotopic (exact) mass is 887 g/mol. The van der Waals surface area contributed by atoms with E-state index >= 15 is 0 Å². The first-order valence-electron chi connectivity index (χ1n) is 24.4. The molecule has 0 unspecified atom stereocenters. The van der Waals surface area contributed by atoms with Crippen molar-refractivity contribution in [3.63, 3.8) is 0 Å². The Bertz CT molecular complexity index is 4100. The van der Waals surface area contributed by atoms with Crippen molar-refractivity contribution in [2.45, 2.75) is 10.8 Å². The molecule has 1 aromatic heterocycles. The molecule has 1 heterocycles. The van der Waals surface area contributed by atoms with Crippen LogP contribution in [0.4, 0.5) is 17.1 Å². The number of benzene rings is 11. The molecule has 0 fully saturated rings. The van der Waals surface area contributed by atoms with E-state index in [-0.39, 0.29) is 0 Å². The predicted octanol–water partition coefficient (Wildman–Crippen LogP) is 17.4. The standard InChI is InChI=1S/C68H41NO/c1-2-18-42(19-3-1)53-40-54-50-25-9-16-32-61(50)68(58-29-13-6-22-47(58)48-23-7-14-30-59(48)68)63(54)41-64(53)69(43-35-37-66-55(38-43)52-26-10-17-33-65(52)70-66)44-34-36-51-49-24-8-15-31-60(49)67(62(51)39-44)56-27-11-4-20-45(56)46-21-5-12-28-57(46)67/h1-41H. The fraction of sp³-hybridized carbons (Fsp3) is 0.0294. The third kappa shape index (κ3) is 4.68. The van der Waals surface area contributed by atoms with Gasteiger partial charge in [0.25, 0.3) is 0 Å². The summed E-state index contributed by atoms with van der Waals surface area (Å²) in [7, 11) is 0. The van der Waals surface area contributed by atoms with Crippen LogP contribution in [0.1, 0.15) is 44.5 Å². The molecular weight excluding hydrogens is 847 g/mol. The lowest BCUT2D eigenvalue weighted by molar-refractivity contribution is 0.669. The smallest absolute Gasteiger partial charge is 0.135 e. The number of anilines is 3. The summed E-state index contributed by atoms with van der Waals surface area (Å²) in [6.45, 7) is 0. The van der Waals surface area contributed by atoms with Gasteiger partial charge in [0.05, 0.1) is 16.5 Å². The third-order valence-corrected chi connectivity index (χ3v) is 16.3. The molecule has 4 aliphatic carbocycles. The molecule has 0 saturated carbocycles. The van der Waals surface area contributed by atoms with Crippen LogP contribution in [0.25, 0.3) is 77.6 Å². The summed E-state index contributed by atoms with van der Waals surface area (Å²) in [6.07, 6.45) is 0. The molecule has 0 saturated heterocycles. The highest BCUT2D eigenvalue weighted by atomic mass is 16.3. The van der Waals surface area contributed by atoms with E-state index < -0.39 is 10.8 Å². The molecule has 2 heteroatoms. The Morgan fingerprint density at radius 2 is 0.657 bits per heavy atom. The molecule has 11 aromatic carbocycles. The van der Waals surface area contributed by atoms with Crippen LogP contribution in [0.3, 0.4) is 0 Å². The average molecular weight is 888 g/mol. The van der Waals surface area contributed by atoms with Gasteiger partial charge >= 0.3 is 0 Å². The molecule has 70 heavy (non-hydrogen) atoms. The van der Waals surface area contributed by atoms with E-state index in [9.17, 15) is 0 Å². The summed E-state index contributed by atoms with van der Waals surface area (Å²) < 4.78 is 6.53. The van der Waals surface area contributed by atoms with Crippen LogP contribution in [0.15, 0.2) is 253 Å². The van der Waals surface area contributed by atoms with Gasteiger partial charge in [-0.15, -0.1) is 0 Å². The molecule has 12 aromatic rings. The summed E-state index contributed by atoms with van der Waals surface area (Å²) in [5.74, 6) is 0. The first kappa shape index (κ1) is 38.0. The molecule has 0 radical (unpaired) electrons. The Kier molecular flexibility index (Phi) is 7.51. The number of para-hydroxylation sites is 1. The van der Waals surface area contributed by atoms with Gasteiger partial charge in [0.15, 0.2) is 0 Å². The van der Waals surface area contributed by atoms with E-state index in [2.05, 4.69) is 254 Å². The molecule has 0 amide bonds. The lowest BCUT2D eigenvalue weighted by Crippen LogP contribution is -2.26. The largest absolute Gasteiger partial charge is 0.456 e. The number of hydrogen-bond acceptors (Lipinski definition) is 2. The van der Waals surface area contributed by atoms with Crippen LogP contribution < -0.4 is 4.90 Å². The number of fused-ring (bicyclic) bond motifs is 23. The van der Waals surface area contributed by atoms with Gasteiger partial charge in [-0.25, -0.2) is 0 Å². The van der Waals surface area contributed by atoms with Crippen LogP contribution in [-0.2, 0) is 10.8 Å². The number of hydrogen-bond donors (Lipinski definition) is 0. The summed E-state index contributed by atoms with van der Waals surface area (Å²) in [6, 6.07) is 93.2. The first-order valence-corrected chi connectivity index (χ1v) is 24.4. The summed E-state index contributed by atoms with van der Waals surface area (Å²) in [5.41, 5.74) is 27.2. The zero-order valence-corrected chi connectivity index (χ0v) is 38.0. The van der Waals surface area contributed by atoms with Gasteiger partial charge in [-0.3, -0.25) is 0 Å². The van der Waals surface area contributed by atoms with Gasteiger partial charge in [-0.05, 0) is 143 Å². The zero-order valence-electron chi connectivity index (χ0n) is 38.0. The fourth-order valence-corrected chi connectivity index (χ4v) is 13.7. The Balaban J connectivity index is 1.04. The minimum absolute atomic E-state index is 0.505. The number of furan rings is 1. The molecule has 16 rings (SSSR count). The Morgan fingerprint density at radius 3 is 1.20 bits per heavy atom. The summed E-state index contributed by atoms with van der Waals surface area (Å²) in [4.78, 5) is 2.55. The van der Waals surface area contributed by atoms with Crippen molar-refractivity contribution in [2.24, 2.45) is 0 Å². The van der Waals surface area contributed by atoms with Crippen molar-refractivity contribution < 1.29 is 4.42 Å². The van der Waals surface area contributed by atoms with Gasteiger partial charge < -0.3 is 9.32 Å². The van der Waals surface area contributed by atoms with Gasteiger partial charge in [-0.2, -0.15) is 0 Å². The average Bonchev–Trinajstić information content (AvgIpc) is 4.20. The molecule has 0 N–H and O–H groups in total. The van der Waals surface area contributed by atoms with Gasteiger partial charge in [0.1, 0.15) is 11.2 Å². The molecular formula is C68H41NO. The third-order valence-electron chi connectivity index (χ3n) is 16.3. The van der Waals surface area contributed by atoms with Crippen LogP contribution in [-0.4, -0.2) is 0 Å². The Hall–Kier alpha value is -8.98. The predicted molar refractivity (Wildman–Crippen MR) is 286 cm³/mol. The van der Waals surface area contributed by atoms with E-state index in [0.717, 1.165) is 50.1 Å². The molecule has 0 atom stereocenters. The minimum atomic E-state index is -0.527. The highest BCUT2D eigenvalue weighted by molar-refractivity contribution is 6.08. The van der Waals surface area contributed by atoms with Gasteiger partial charge in [-0.1, -0.05) is 200 Å². The topological polar surface area (TPSA) is 16.4 Å². The van der Waals surface area contributed by atoms with Crippen molar-refractivity contribution in [2.75, 3.05) is 4.90 Å². The summed E-state index contributed by atoms with van der Waals surface area (Å²) in [5, 5.41) is 2.19. The van der Waals surface area contributed by atoms with Crippen LogP contribution in [0, 0.1) is 0 Å². The summed E-state index contributed by atoms with van der Waals surface area (Å²) >= 11 is 0. The van der Waals surface area contributed by atoms with E-state index in [4.69, 9.17) is 4.42 Å². The van der Waals surface area contributed by atoms with E-state index in [1.54, 1.807) is 0 Å². The van der Waals surface area contributed by atoms with Crippen molar-refractivity contribution in [3.8, 4) is 55.6 Å². The Labute approximate surface area is 406 Å². The lowest BCUT2D eigenvalue weighted by atomic mass is 9.70. The SMILES string of the molecule is c1ccc(-c2cc3c(cc2N(c2ccc4c(c2)C2(c5ccccc5-c5ccccc52)c2ccccc2-4)c2ccc4oc5ccccc5c4c2)C2(c4ccccc4-c4ccccc42)c2ccccc2-3)cc1. The van der Waals surface area contributed by atoms with Crippen molar-refractivity contribution in [1.29, 1.82) is 0 Å². The van der Waals surface area contributed by atoms with Crippen molar-refractivity contribution in [1.82, 2.24) is 0 Å². The Morgan fingerprint density at radius 1 is 0.257 bits per heavy atom. The molecule has 324 valence electrons. The zero-order chi connectivity index (χ0) is 45.7. The van der Waals surface area contributed by atoms with Crippen molar-refractivity contribution >= 4 is 39.0 Å². The van der Waals surface area contributed by atoms with Crippen molar-refractivity contribution in [3.05, 3.63) is 293 Å².